The summed E-state index contributed by atoms with van der Waals surface area (Å²) >= 11 is 10.7. The van der Waals surface area contributed by atoms with Gasteiger partial charge in [0.05, 0.1) is 11.4 Å². The zero-order valence-electron chi connectivity index (χ0n) is 12.3. The molecule has 24 heavy (non-hydrogen) atoms. The molecule has 1 N–H and O–H groups in total. The van der Waals surface area contributed by atoms with E-state index in [1.807, 2.05) is 42.5 Å². The second kappa shape index (κ2) is 7.83. The Bertz CT molecular complexity index is 871. The van der Waals surface area contributed by atoms with Gasteiger partial charge in [-0.2, -0.15) is 0 Å². The SMILES string of the molecule is O=C(CSc1nncn1-c1cccc(Cl)c1)Nc1cccc(Br)c1. The zero-order valence-corrected chi connectivity index (χ0v) is 15.5. The molecule has 8 heteroatoms. The third kappa shape index (κ3) is 4.37. The minimum absolute atomic E-state index is 0.112. The Kier molecular flexibility index (Phi) is 5.55. The van der Waals surface area contributed by atoms with Crippen molar-refractivity contribution in [2.45, 2.75) is 5.16 Å². The van der Waals surface area contributed by atoms with Crippen LogP contribution in [0.15, 0.2) is 64.5 Å². The third-order valence-electron chi connectivity index (χ3n) is 3.04. The Morgan fingerprint density at radius 2 is 2.08 bits per heavy atom. The van der Waals surface area contributed by atoms with Crippen molar-refractivity contribution in [3.05, 3.63) is 64.4 Å². The molecule has 0 atom stereocenters. The summed E-state index contributed by atoms with van der Waals surface area (Å²) in [6.07, 6.45) is 1.60. The monoisotopic (exact) mass is 422 g/mol. The van der Waals surface area contributed by atoms with Gasteiger partial charge in [-0.25, -0.2) is 0 Å². The number of hydrogen-bond donors (Lipinski definition) is 1. The van der Waals surface area contributed by atoms with Crippen LogP contribution in [-0.4, -0.2) is 26.4 Å². The van der Waals surface area contributed by atoms with E-state index in [0.29, 0.717) is 10.2 Å². The topological polar surface area (TPSA) is 59.8 Å². The minimum atomic E-state index is -0.112. The molecular weight excluding hydrogens is 412 g/mol. The standard InChI is InChI=1S/C16H12BrClN4OS/c17-11-3-1-5-13(7-11)20-15(23)9-24-16-21-19-10-22(16)14-6-2-4-12(18)8-14/h1-8,10H,9H2,(H,20,23). The maximum Gasteiger partial charge on any atom is 0.234 e. The van der Waals surface area contributed by atoms with E-state index in [0.717, 1.165) is 15.8 Å². The van der Waals surface area contributed by atoms with Crippen molar-refractivity contribution < 1.29 is 4.79 Å². The summed E-state index contributed by atoms with van der Waals surface area (Å²) in [7, 11) is 0. The van der Waals surface area contributed by atoms with Crippen molar-refractivity contribution in [1.29, 1.82) is 0 Å². The van der Waals surface area contributed by atoms with Crippen LogP contribution < -0.4 is 5.32 Å². The Hall–Kier alpha value is -1.83. The zero-order chi connectivity index (χ0) is 16.9. The quantitative estimate of drug-likeness (QED) is 0.617. The van der Waals surface area contributed by atoms with Crippen molar-refractivity contribution in [3.63, 3.8) is 0 Å². The summed E-state index contributed by atoms with van der Waals surface area (Å²) in [5.74, 6) is 0.116. The van der Waals surface area contributed by atoms with Gasteiger partial charge in [0.1, 0.15) is 6.33 Å². The summed E-state index contributed by atoms with van der Waals surface area (Å²) in [5, 5.41) is 12.1. The fourth-order valence-electron chi connectivity index (χ4n) is 2.02. The first-order valence-corrected chi connectivity index (χ1v) is 9.11. The summed E-state index contributed by atoms with van der Waals surface area (Å²) < 4.78 is 2.71. The lowest BCUT2D eigenvalue weighted by atomic mass is 10.3. The van der Waals surface area contributed by atoms with Gasteiger partial charge >= 0.3 is 0 Å². The second-order valence-electron chi connectivity index (χ2n) is 4.81. The highest BCUT2D eigenvalue weighted by Crippen LogP contribution is 2.22. The molecule has 0 unspecified atom stereocenters. The van der Waals surface area contributed by atoms with Crippen molar-refractivity contribution in [2.24, 2.45) is 0 Å². The van der Waals surface area contributed by atoms with Gasteiger partial charge in [-0.15, -0.1) is 10.2 Å². The van der Waals surface area contributed by atoms with Gasteiger partial charge in [-0.1, -0.05) is 51.4 Å². The van der Waals surface area contributed by atoms with E-state index >= 15 is 0 Å². The van der Waals surface area contributed by atoms with Crippen molar-refractivity contribution in [3.8, 4) is 5.69 Å². The van der Waals surface area contributed by atoms with Crippen LogP contribution in [0.5, 0.6) is 0 Å². The van der Waals surface area contributed by atoms with Gasteiger partial charge in [0.2, 0.25) is 5.91 Å². The van der Waals surface area contributed by atoms with Crippen molar-refractivity contribution in [1.82, 2.24) is 14.8 Å². The molecule has 2 aromatic carbocycles. The van der Waals surface area contributed by atoms with Crippen LogP contribution in [0.4, 0.5) is 5.69 Å². The molecule has 0 aliphatic carbocycles. The third-order valence-corrected chi connectivity index (χ3v) is 4.72. The number of benzene rings is 2. The smallest absolute Gasteiger partial charge is 0.234 e. The molecule has 0 bridgehead atoms. The van der Waals surface area contributed by atoms with E-state index < -0.39 is 0 Å². The molecule has 0 aliphatic heterocycles. The van der Waals surface area contributed by atoms with Gasteiger partial charge in [0.25, 0.3) is 0 Å². The number of hydrogen-bond acceptors (Lipinski definition) is 4. The lowest BCUT2D eigenvalue weighted by Gasteiger charge is -2.07. The molecule has 0 aliphatic rings. The van der Waals surface area contributed by atoms with E-state index in [2.05, 4.69) is 31.4 Å². The van der Waals surface area contributed by atoms with Gasteiger partial charge in [0, 0.05) is 15.2 Å². The van der Waals surface area contributed by atoms with E-state index in [-0.39, 0.29) is 11.7 Å². The lowest BCUT2D eigenvalue weighted by Crippen LogP contribution is -2.14. The molecule has 0 saturated heterocycles. The molecule has 0 spiro atoms. The number of aromatic nitrogens is 3. The normalized spacial score (nSPS) is 10.6. The van der Waals surface area contributed by atoms with Crippen molar-refractivity contribution >= 4 is 50.9 Å². The average molecular weight is 424 g/mol. The van der Waals surface area contributed by atoms with Crippen LogP contribution in [0.25, 0.3) is 5.69 Å². The lowest BCUT2D eigenvalue weighted by molar-refractivity contribution is -0.113. The number of anilines is 1. The van der Waals surface area contributed by atoms with Crippen LogP contribution >= 0.6 is 39.3 Å². The highest BCUT2D eigenvalue weighted by molar-refractivity contribution is 9.10. The number of rotatable bonds is 5. The average Bonchev–Trinajstić information content (AvgIpc) is 3.01. The van der Waals surface area contributed by atoms with Gasteiger partial charge < -0.3 is 5.32 Å². The first kappa shape index (κ1) is 17.0. The maximum absolute atomic E-state index is 12.1. The van der Waals surface area contributed by atoms with Crippen molar-refractivity contribution in [2.75, 3.05) is 11.1 Å². The molecule has 122 valence electrons. The van der Waals surface area contributed by atoms with Crippen LogP contribution in [0.2, 0.25) is 5.02 Å². The molecule has 0 saturated carbocycles. The molecular formula is C16H12BrClN4OS. The largest absolute Gasteiger partial charge is 0.325 e. The molecule has 0 fully saturated rings. The molecule has 3 rings (SSSR count). The summed E-state index contributed by atoms with van der Waals surface area (Å²) in [4.78, 5) is 12.1. The fraction of sp³-hybridized carbons (Fsp3) is 0.0625. The molecule has 3 aromatic rings. The highest BCUT2D eigenvalue weighted by Gasteiger charge is 2.10. The molecule has 0 radical (unpaired) electrons. The summed E-state index contributed by atoms with van der Waals surface area (Å²) in [5.41, 5.74) is 1.59. The number of carbonyl (C=O) groups excluding carboxylic acids is 1. The fourth-order valence-corrected chi connectivity index (χ4v) is 3.33. The maximum atomic E-state index is 12.1. The molecule has 5 nitrogen and oxygen atoms in total. The Balaban J connectivity index is 1.65. The predicted octanol–water partition coefficient (Wildman–Crippen LogP) is 4.41. The number of nitrogens with zero attached hydrogens (tertiary/aromatic N) is 3. The van der Waals surface area contributed by atoms with E-state index in [9.17, 15) is 4.79 Å². The van der Waals surface area contributed by atoms with E-state index in [4.69, 9.17) is 11.6 Å². The van der Waals surface area contributed by atoms with E-state index in [1.165, 1.54) is 11.8 Å². The summed E-state index contributed by atoms with van der Waals surface area (Å²) in [6, 6.07) is 14.8. The van der Waals surface area contributed by atoms with E-state index in [1.54, 1.807) is 17.0 Å². The van der Waals surface area contributed by atoms with Gasteiger partial charge in [0.15, 0.2) is 5.16 Å². The predicted molar refractivity (Wildman–Crippen MR) is 99.9 cm³/mol. The van der Waals surface area contributed by atoms with Crippen LogP contribution in [0.1, 0.15) is 0 Å². The Labute approximate surface area is 156 Å². The first-order chi connectivity index (χ1) is 11.6. The highest BCUT2D eigenvalue weighted by atomic mass is 79.9. The number of carbonyl (C=O) groups is 1. The van der Waals surface area contributed by atoms with Gasteiger partial charge in [-0.05, 0) is 36.4 Å². The molecule has 1 heterocycles. The molecule has 1 aromatic heterocycles. The number of thioether (sulfide) groups is 1. The summed E-state index contributed by atoms with van der Waals surface area (Å²) in [6.45, 7) is 0. The van der Waals surface area contributed by atoms with Gasteiger partial charge in [-0.3, -0.25) is 9.36 Å². The second-order valence-corrected chi connectivity index (χ2v) is 7.11. The Morgan fingerprint density at radius 3 is 2.88 bits per heavy atom. The number of halogens is 2. The minimum Gasteiger partial charge on any atom is -0.325 e. The van der Waals surface area contributed by atoms with Crippen LogP contribution in [-0.2, 0) is 4.79 Å². The number of amides is 1. The number of nitrogens with one attached hydrogen (secondary N) is 1. The van der Waals surface area contributed by atoms with Crippen LogP contribution in [0, 0.1) is 0 Å². The van der Waals surface area contributed by atoms with Crippen LogP contribution in [0.3, 0.4) is 0 Å². The molecule has 1 amide bonds. The first-order valence-electron chi connectivity index (χ1n) is 6.96. The Morgan fingerprint density at radius 1 is 1.25 bits per heavy atom.